The van der Waals surface area contributed by atoms with Crippen LogP contribution in [0, 0.1) is 6.92 Å². The van der Waals surface area contributed by atoms with E-state index in [0.29, 0.717) is 17.2 Å². The highest BCUT2D eigenvalue weighted by atomic mass is 16.5. The molecule has 3 heterocycles. The SMILES string of the molecule is Cc1ccc(OCc2cc(C(=O)N(C)[C@H](C)c3ccon3)no2)cn1. The van der Waals surface area contributed by atoms with E-state index in [-0.39, 0.29) is 24.2 Å². The Kier molecular flexibility index (Phi) is 4.78. The van der Waals surface area contributed by atoms with Crippen molar-refractivity contribution in [1.82, 2.24) is 20.2 Å². The van der Waals surface area contributed by atoms with Gasteiger partial charge in [-0.25, -0.2) is 0 Å². The van der Waals surface area contributed by atoms with Crippen molar-refractivity contribution in [3.63, 3.8) is 0 Å². The van der Waals surface area contributed by atoms with Crippen molar-refractivity contribution in [3.05, 3.63) is 59.6 Å². The Balaban J connectivity index is 1.62. The molecule has 0 aliphatic rings. The van der Waals surface area contributed by atoms with Gasteiger partial charge in [0.2, 0.25) is 0 Å². The molecule has 3 aromatic heterocycles. The molecule has 0 N–H and O–H groups in total. The molecular formula is C17H18N4O4. The topological polar surface area (TPSA) is 94.5 Å². The van der Waals surface area contributed by atoms with E-state index in [4.69, 9.17) is 13.8 Å². The second kappa shape index (κ2) is 7.16. The predicted octanol–water partition coefficient (Wildman–Crippen LogP) is 2.78. The molecule has 0 aliphatic heterocycles. The summed E-state index contributed by atoms with van der Waals surface area (Å²) in [6.45, 7) is 3.91. The van der Waals surface area contributed by atoms with Crippen LogP contribution >= 0.6 is 0 Å². The van der Waals surface area contributed by atoms with Crippen LogP contribution in [0.25, 0.3) is 0 Å². The van der Waals surface area contributed by atoms with Gasteiger partial charge in [-0.1, -0.05) is 10.3 Å². The van der Waals surface area contributed by atoms with Crippen molar-refractivity contribution in [2.24, 2.45) is 0 Å². The lowest BCUT2D eigenvalue weighted by atomic mass is 10.2. The predicted molar refractivity (Wildman–Crippen MR) is 86.8 cm³/mol. The molecule has 25 heavy (non-hydrogen) atoms. The zero-order chi connectivity index (χ0) is 17.8. The van der Waals surface area contributed by atoms with Gasteiger partial charge < -0.3 is 18.7 Å². The molecule has 0 aromatic carbocycles. The van der Waals surface area contributed by atoms with Gasteiger partial charge in [0.05, 0.1) is 12.2 Å². The van der Waals surface area contributed by atoms with Crippen LogP contribution in [0.2, 0.25) is 0 Å². The summed E-state index contributed by atoms with van der Waals surface area (Å²) < 4.78 is 15.6. The van der Waals surface area contributed by atoms with E-state index in [2.05, 4.69) is 15.3 Å². The number of pyridine rings is 1. The molecule has 0 fully saturated rings. The summed E-state index contributed by atoms with van der Waals surface area (Å²) in [5.41, 5.74) is 1.78. The second-order valence-corrected chi connectivity index (χ2v) is 5.62. The Bertz CT molecular complexity index is 827. The van der Waals surface area contributed by atoms with Gasteiger partial charge in [0.15, 0.2) is 11.5 Å². The molecule has 0 aliphatic carbocycles. The van der Waals surface area contributed by atoms with Crippen molar-refractivity contribution < 1.29 is 18.6 Å². The Morgan fingerprint density at radius 1 is 1.32 bits per heavy atom. The molecule has 0 saturated carbocycles. The van der Waals surface area contributed by atoms with Gasteiger partial charge in [0, 0.05) is 24.9 Å². The Morgan fingerprint density at radius 3 is 2.84 bits per heavy atom. The van der Waals surface area contributed by atoms with Crippen LogP contribution in [0.1, 0.15) is 40.6 Å². The summed E-state index contributed by atoms with van der Waals surface area (Å²) in [7, 11) is 1.67. The number of hydrogen-bond acceptors (Lipinski definition) is 7. The number of nitrogens with zero attached hydrogens (tertiary/aromatic N) is 4. The van der Waals surface area contributed by atoms with Crippen molar-refractivity contribution in [1.29, 1.82) is 0 Å². The van der Waals surface area contributed by atoms with Gasteiger partial charge in [0.1, 0.15) is 24.3 Å². The van der Waals surface area contributed by atoms with Crippen LogP contribution in [0.15, 0.2) is 45.8 Å². The number of carbonyl (C=O) groups excluding carboxylic acids is 1. The molecule has 0 spiro atoms. The monoisotopic (exact) mass is 342 g/mol. The maximum absolute atomic E-state index is 12.5. The molecule has 0 saturated heterocycles. The summed E-state index contributed by atoms with van der Waals surface area (Å²) in [6.07, 6.45) is 3.10. The molecule has 0 unspecified atom stereocenters. The number of rotatable bonds is 6. The molecule has 0 radical (unpaired) electrons. The highest BCUT2D eigenvalue weighted by Crippen LogP contribution is 2.19. The van der Waals surface area contributed by atoms with Crippen LogP contribution in [0.5, 0.6) is 5.75 Å². The lowest BCUT2D eigenvalue weighted by Crippen LogP contribution is -2.30. The average molecular weight is 342 g/mol. The molecule has 3 rings (SSSR count). The number of amides is 1. The fourth-order valence-electron chi connectivity index (χ4n) is 2.17. The second-order valence-electron chi connectivity index (χ2n) is 5.62. The van der Waals surface area contributed by atoms with Crippen LogP contribution in [0.4, 0.5) is 0 Å². The minimum absolute atomic E-state index is 0.160. The van der Waals surface area contributed by atoms with E-state index in [1.807, 2.05) is 26.0 Å². The first-order valence-corrected chi connectivity index (χ1v) is 7.73. The quantitative estimate of drug-likeness (QED) is 0.679. The molecule has 3 aromatic rings. The molecule has 130 valence electrons. The standard InChI is InChI=1S/C17H18N4O4/c1-11-4-5-13(9-18-11)23-10-14-8-16(20-25-14)17(22)21(3)12(2)15-6-7-24-19-15/h4-9,12H,10H2,1-3H3/t12-/m1/s1. The van der Waals surface area contributed by atoms with Gasteiger partial charge in [-0.2, -0.15) is 0 Å². The van der Waals surface area contributed by atoms with E-state index in [0.717, 1.165) is 5.69 Å². The minimum Gasteiger partial charge on any atom is -0.484 e. The number of ether oxygens (including phenoxy) is 1. The Hall–Kier alpha value is -3.16. The summed E-state index contributed by atoms with van der Waals surface area (Å²) in [4.78, 5) is 18.2. The zero-order valence-electron chi connectivity index (χ0n) is 14.2. The molecule has 1 amide bonds. The third-order valence-electron chi connectivity index (χ3n) is 3.83. The molecular weight excluding hydrogens is 324 g/mol. The highest BCUT2D eigenvalue weighted by molar-refractivity contribution is 5.92. The number of aryl methyl sites for hydroxylation is 1. The maximum atomic E-state index is 12.5. The van der Waals surface area contributed by atoms with Crippen LogP contribution in [0.3, 0.4) is 0 Å². The average Bonchev–Trinajstić information content (AvgIpc) is 3.31. The smallest absolute Gasteiger partial charge is 0.276 e. The molecule has 8 heteroatoms. The summed E-state index contributed by atoms with van der Waals surface area (Å²) >= 11 is 0. The lowest BCUT2D eigenvalue weighted by Gasteiger charge is -2.21. The number of carbonyl (C=O) groups is 1. The number of hydrogen-bond donors (Lipinski definition) is 0. The fourth-order valence-corrected chi connectivity index (χ4v) is 2.17. The summed E-state index contributed by atoms with van der Waals surface area (Å²) in [5, 5.41) is 7.67. The summed E-state index contributed by atoms with van der Waals surface area (Å²) in [5.74, 6) is 0.792. The van der Waals surface area contributed by atoms with Gasteiger partial charge in [-0.15, -0.1) is 0 Å². The third kappa shape index (κ3) is 3.85. The molecule has 8 nitrogen and oxygen atoms in total. The fraction of sp³-hybridized carbons (Fsp3) is 0.294. The number of aromatic nitrogens is 3. The van der Waals surface area contributed by atoms with Gasteiger partial charge in [-0.3, -0.25) is 9.78 Å². The van der Waals surface area contributed by atoms with Crippen molar-refractivity contribution in [2.45, 2.75) is 26.5 Å². The normalized spacial score (nSPS) is 12.0. The van der Waals surface area contributed by atoms with Gasteiger partial charge in [0.25, 0.3) is 5.91 Å². The van der Waals surface area contributed by atoms with Crippen LogP contribution in [-0.4, -0.2) is 33.2 Å². The van der Waals surface area contributed by atoms with Gasteiger partial charge >= 0.3 is 0 Å². The first kappa shape index (κ1) is 16.7. The van der Waals surface area contributed by atoms with Gasteiger partial charge in [-0.05, 0) is 26.0 Å². The first-order valence-electron chi connectivity index (χ1n) is 7.73. The van der Waals surface area contributed by atoms with Crippen LogP contribution < -0.4 is 4.74 Å². The zero-order valence-corrected chi connectivity index (χ0v) is 14.2. The van der Waals surface area contributed by atoms with Crippen molar-refractivity contribution in [3.8, 4) is 5.75 Å². The van der Waals surface area contributed by atoms with E-state index in [1.54, 1.807) is 25.4 Å². The highest BCUT2D eigenvalue weighted by Gasteiger charge is 2.23. The Morgan fingerprint density at radius 2 is 2.16 bits per heavy atom. The first-order chi connectivity index (χ1) is 12.0. The third-order valence-corrected chi connectivity index (χ3v) is 3.83. The Labute approximate surface area is 144 Å². The van der Waals surface area contributed by atoms with E-state index >= 15 is 0 Å². The van der Waals surface area contributed by atoms with E-state index < -0.39 is 0 Å². The van der Waals surface area contributed by atoms with Crippen LogP contribution in [-0.2, 0) is 6.61 Å². The molecule has 1 atom stereocenters. The molecule has 0 bridgehead atoms. The summed E-state index contributed by atoms with van der Waals surface area (Å²) in [6, 6.07) is 6.70. The maximum Gasteiger partial charge on any atom is 0.276 e. The lowest BCUT2D eigenvalue weighted by molar-refractivity contribution is 0.0727. The van der Waals surface area contributed by atoms with Crippen molar-refractivity contribution >= 4 is 5.91 Å². The largest absolute Gasteiger partial charge is 0.484 e. The van der Waals surface area contributed by atoms with E-state index in [9.17, 15) is 4.79 Å². The van der Waals surface area contributed by atoms with E-state index in [1.165, 1.54) is 11.2 Å². The minimum atomic E-state index is -0.275. The van der Waals surface area contributed by atoms with Crippen molar-refractivity contribution in [2.75, 3.05) is 7.05 Å².